The lowest BCUT2D eigenvalue weighted by atomic mass is 10.2. The van der Waals surface area contributed by atoms with Gasteiger partial charge < -0.3 is 14.6 Å². The van der Waals surface area contributed by atoms with Crippen molar-refractivity contribution in [2.75, 3.05) is 14.1 Å². The smallest absolute Gasteiger partial charge is 0.341 e. The first kappa shape index (κ1) is 14.0. The molecule has 6 nitrogen and oxygen atoms in total. The molecule has 1 N–H and O–H groups in total. The van der Waals surface area contributed by atoms with Crippen molar-refractivity contribution in [2.45, 2.75) is 19.9 Å². The maximum Gasteiger partial charge on any atom is 0.341 e. The number of hydrogen-bond acceptors (Lipinski definition) is 3. The quantitative estimate of drug-likeness (QED) is 0.849. The molecule has 0 bridgehead atoms. The van der Waals surface area contributed by atoms with E-state index in [0.29, 0.717) is 5.69 Å². The molecular formula is C12H16N2O4. The van der Waals surface area contributed by atoms with Crippen LogP contribution in [0.15, 0.2) is 17.1 Å². The second kappa shape index (κ2) is 5.03. The van der Waals surface area contributed by atoms with Gasteiger partial charge in [-0.25, -0.2) is 4.79 Å². The van der Waals surface area contributed by atoms with E-state index in [1.165, 1.54) is 21.7 Å². The third-order valence-electron chi connectivity index (χ3n) is 2.73. The lowest BCUT2D eigenvalue weighted by molar-refractivity contribution is -0.131. The molecular weight excluding hydrogens is 236 g/mol. The Morgan fingerprint density at radius 2 is 1.94 bits per heavy atom. The molecule has 6 heteroatoms. The summed E-state index contributed by atoms with van der Waals surface area (Å²) < 4.78 is 1.49. The van der Waals surface area contributed by atoms with Gasteiger partial charge in [-0.2, -0.15) is 0 Å². The predicted molar refractivity (Wildman–Crippen MR) is 65.8 cm³/mol. The van der Waals surface area contributed by atoms with Gasteiger partial charge in [0, 0.05) is 32.1 Å². The molecule has 1 aromatic heterocycles. The van der Waals surface area contributed by atoms with Crippen molar-refractivity contribution in [3.05, 3.63) is 33.7 Å². The number of nitrogens with zero attached hydrogens (tertiary/aromatic N) is 2. The van der Waals surface area contributed by atoms with E-state index in [2.05, 4.69) is 0 Å². The summed E-state index contributed by atoms with van der Waals surface area (Å²) in [5, 5.41) is 8.90. The standard InChI is InChI=1S/C12H16N2O4/c1-7-5-10(15)9(12(17)18)6-14(7)8(2)11(16)13(3)4/h5-6,8H,1-4H3,(H,17,18). The highest BCUT2D eigenvalue weighted by molar-refractivity contribution is 5.87. The molecule has 0 radical (unpaired) electrons. The van der Waals surface area contributed by atoms with Crippen molar-refractivity contribution in [3.8, 4) is 0 Å². The van der Waals surface area contributed by atoms with Crippen molar-refractivity contribution in [2.24, 2.45) is 0 Å². The zero-order valence-corrected chi connectivity index (χ0v) is 10.8. The lowest BCUT2D eigenvalue weighted by Gasteiger charge is -2.21. The van der Waals surface area contributed by atoms with Crippen LogP contribution >= 0.6 is 0 Å². The molecule has 1 atom stereocenters. The van der Waals surface area contributed by atoms with Crippen molar-refractivity contribution < 1.29 is 14.7 Å². The number of carboxylic acid groups (broad SMARTS) is 1. The zero-order valence-electron chi connectivity index (χ0n) is 10.8. The van der Waals surface area contributed by atoms with Crippen LogP contribution in [0.25, 0.3) is 0 Å². The molecule has 1 amide bonds. The maximum atomic E-state index is 11.8. The van der Waals surface area contributed by atoms with Crippen LogP contribution in [0, 0.1) is 6.92 Å². The van der Waals surface area contributed by atoms with Crippen LogP contribution in [-0.2, 0) is 4.79 Å². The fourth-order valence-corrected chi connectivity index (χ4v) is 1.72. The molecule has 0 aliphatic rings. The Morgan fingerprint density at radius 1 is 1.39 bits per heavy atom. The van der Waals surface area contributed by atoms with Crippen LogP contribution in [0.4, 0.5) is 0 Å². The van der Waals surface area contributed by atoms with Gasteiger partial charge in [0.2, 0.25) is 5.91 Å². The Balaban J connectivity index is 3.33. The van der Waals surface area contributed by atoms with Crippen LogP contribution in [0.5, 0.6) is 0 Å². The van der Waals surface area contributed by atoms with Gasteiger partial charge in [0.1, 0.15) is 11.6 Å². The van der Waals surface area contributed by atoms with E-state index in [-0.39, 0.29) is 11.5 Å². The third-order valence-corrected chi connectivity index (χ3v) is 2.73. The Bertz CT molecular complexity index is 545. The number of carbonyl (C=O) groups is 2. The van der Waals surface area contributed by atoms with Gasteiger partial charge in [0.15, 0.2) is 5.43 Å². The Morgan fingerprint density at radius 3 is 2.39 bits per heavy atom. The summed E-state index contributed by atoms with van der Waals surface area (Å²) in [6.45, 7) is 3.32. The van der Waals surface area contributed by atoms with Gasteiger partial charge in [-0.15, -0.1) is 0 Å². The van der Waals surface area contributed by atoms with Crippen LogP contribution < -0.4 is 5.43 Å². The highest BCUT2D eigenvalue weighted by atomic mass is 16.4. The number of hydrogen-bond donors (Lipinski definition) is 1. The van der Waals surface area contributed by atoms with E-state index in [0.717, 1.165) is 0 Å². The monoisotopic (exact) mass is 252 g/mol. The number of rotatable bonds is 3. The van der Waals surface area contributed by atoms with Crippen LogP contribution in [0.3, 0.4) is 0 Å². The summed E-state index contributed by atoms with van der Waals surface area (Å²) in [7, 11) is 3.24. The van der Waals surface area contributed by atoms with E-state index in [1.807, 2.05) is 0 Å². The number of pyridine rings is 1. The first-order chi connectivity index (χ1) is 8.25. The van der Waals surface area contributed by atoms with Gasteiger partial charge >= 0.3 is 5.97 Å². The van der Waals surface area contributed by atoms with Gasteiger partial charge in [-0.05, 0) is 13.8 Å². The van der Waals surface area contributed by atoms with Crippen LogP contribution in [0.1, 0.15) is 29.0 Å². The fourth-order valence-electron chi connectivity index (χ4n) is 1.72. The number of aromatic nitrogens is 1. The van der Waals surface area contributed by atoms with Crippen molar-refractivity contribution in [3.63, 3.8) is 0 Å². The van der Waals surface area contributed by atoms with E-state index in [1.54, 1.807) is 27.9 Å². The summed E-state index contributed by atoms with van der Waals surface area (Å²) in [6, 6.07) is 0.668. The summed E-state index contributed by atoms with van der Waals surface area (Å²) in [6.07, 6.45) is 1.21. The molecule has 1 rings (SSSR count). The average Bonchev–Trinajstić information content (AvgIpc) is 2.26. The molecule has 0 fully saturated rings. The molecule has 0 spiro atoms. The summed E-state index contributed by atoms with van der Waals surface area (Å²) in [4.78, 5) is 35.6. The highest BCUT2D eigenvalue weighted by Gasteiger charge is 2.19. The van der Waals surface area contributed by atoms with E-state index in [9.17, 15) is 14.4 Å². The second-order valence-electron chi connectivity index (χ2n) is 4.31. The maximum absolute atomic E-state index is 11.8. The molecule has 0 aromatic carbocycles. The predicted octanol–water partition coefficient (Wildman–Crippen LogP) is 0.504. The minimum atomic E-state index is -1.29. The van der Waals surface area contributed by atoms with Gasteiger partial charge in [-0.3, -0.25) is 9.59 Å². The molecule has 0 saturated carbocycles. The minimum absolute atomic E-state index is 0.168. The summed E-state index contributed by atoms with van der Waals surface area (Å²) in [5.41, 5.74) is -0.340. The number of likely N-dealkylation sites (N-methyl/N-ethyl adjacent to an activating group) is 1. The molecule has 0 aliphatic carbocycles. The molecule has 18 heavy (non-hydrogen) atoms. The number of amides is 1. The number of aryl methyl sites for hydroxylation is 1. The Labute approximate surface area is 104 Å². The molecule has 1 heterocycles. The first-order valence-corrected chi connectivity index (χ1v) is 5.43. The highest BCUT2D eigenvalue weighted by Crippen LogP contribution is 2.12. The third kappa shape index (κ3) is 2.58. The first-order valence-electron chi connectivity index (χ1n) is 5.43. The largest absolute Gasteiger partial charge is 0.477 e. The van der Waals surface area contributed by atoms with Crippen LogP contribution in [0.2, 0.25) is 0 Å². The normalized spacial score (nSPS) is 12.0. The number of carboxylic acids is 1. The minimum Gasteiger partial charge on any atom is -0.477 e. The lowest BCUT2D eigenvalue weighted by Crippen LogP contribution is -2.32. The fraction of sp³-hybridized carbons (Fsp3) is 0.417. The van der Waals surface area contributed by atoms with Crippen molar-refractivity contribution in [1.82, 2.24) is 9.47 Å². The molecule has 1 unspecified atom stereocenters. The van der Waals surface area contributed by atoms with E-state index < -0.39 is 17.4 Å². The molecule has 0 aliphatic heterocycles. The Kier molecular flexibility index (Phi) is 3.90. The van der Waals surface area contributed by atoms with E-state index in [4.69, 9.17) is 5.11 Å². The van der Waals surface area contributed by atoms with Gasteiger partial charge in [0.05, 0.1) is 0 Å². The van der Waals surface area contributed by atoms with Crippen molar-refractivity contribution >= 4 is 11.9 Å². The topological polar surface area (TPSA) is 79.6 Å². The number of carbonyl (C=O) groups excluding carboxylic acids is 1. The number of aromatic carboxylic acids is 1. The summed E-state index contributed by atoms with van der Waals surface area (Å²) >= 11 is 0. The van der Waals surface area contributed by atoms with E-state index >= 15 is 0 Å². The average molecular weight is 252 g/mol. The van der Waals surface area contributed by atoms with Gasteiger partial charge in [0.25, 0.3) is 0 Å². The zero-order chi connectivity index (χ0) is 14.0. The summed E-state index contributed by atoms with van der Waals surface area (Å²) in [5.74, 6) is -1.46. The van der Waals surface area contributed by atoms with Gasteiger partial charge in [-0.1, -0.05) is 0 Å². The molecule has 1 aromatic rings. The second-order valence-corrected chi connectivity index (χ2v) is 4.31. The Hall–Kier alpha value is -2.11. The molecule has 0 saturated heterocycles. The molecule has 98 valence electrons. The van der Waals surface area contributed by atoms with Crippen LogP contribution in [-0.4, -0.2) is 40.5 Å². The SMILES string of the molecule is Cc1cc(=O)c(C(=O)O)cn1C(C)C(=O)N(C)C. The van der Waals surface area contributed by atoms with Crippen molar-refractivity contribution in [1.29, 1.82) is 0 Å².